The van der Waals surface area contributed by atoms with E-state index >= 15 is 0 Å². The van der Waals surface area contributed by atoms with E-state index in [1.54, 1.807) is 0 Å². The largest absolute Gasteiger partial charge is 0.314 e. The Morgan fingerprint density at radius 1 is 1.42 bits per heavy atom. The van der Waals surface area contributed by atoms with Crippen molar-refractivity contribution in [1.82, 2.24) is 15.1 Å². The van der Waals surface area contributed by atoms with Crippen molar-refractivity contribution in [2.24, 2.45) is 7.05 Å². The number of Topliss-reactive ketones (excluding diaryl/α,β-unsaturated/α-hetero) is 1. The van der Waals surface area contributed by atoms with E-state index in [1.807, 2.05) is 31.8 Å². The lowest BCUT2D eigenvalue weighted by Crippen LogP contribution is -2.46. The zero-order chi connectivity index (χ0) is 13.9. The van der Waals surface area contributed by atoms with Crippen LogP contribution in [0.2, 0.25) is 0 Å². The van der Waals surface area contributed by atoms with E-state index in [1.165, 1.54) is 19.3 Å². The second-order valence-corrected chi connectivity index (χ2v) is 5.88. The van der Waals surface area contributed by atoms with Crippen LogP contribution in [-0.2, 0) is 18.3 Å². The van der Waals surface area contributed by atoms with Gasteiger partial charge in [0.25, 0.3) is 0 Å². The van der Waals surface area contributed by atoms with Crippen molar-refractivity contribution in [2.45, 2.75) is 57.4 Å². The lowest BCUT2D eigenvalue weighted by molar-refractivity contribution is -0.120. The molecule has 0 spiro atoms. The third-order valence-electron chi connectivity index (χ3n) is 4.35. The van der Waals surface area contributed by atoms with E-state index in [0.717, 1.165) is 24.2 Å². The average molecular weight is 263 g/mol. The van der Waals surface area contributed by atoms with Crippen molar-refractivity contribution in [3.8, 4) is 0 Å². The Hall–Kier alpha value is -1.16. The van der Waals surface area contributed by atoms with Crippen LogP contribution >= 0.6 is 0 Å². The minimum absolute atomic E-state index is 0.0446. The highest BCUT2D eigenvalue weighted by Gasteiger charge is 2.32. The quantitative estimate of drug-likeness (QED) is 0.885. The predicted octanol–water partition coefficient (Wildman–Crippen LogP) is 2.15. The number of aryl methyl sites for hydroxylation is 2. The number of nitrogens with zero attached hydrogens (tertiary/aromatic N) is 2. The highest BCUT2D eigenvalue weighted by atomic mass is 16.1. The van der Waals surface area contributed by atoms with Crippen LogP contribution in [0.3, 0.4) is 0 Å². The first-order valence-electron chi connectivity index (χ1n) is 7.25. The van der Waals surface area contributed by atoms with Crippen LogP contribution in [0, 0.1) is 6.92 Å². The lowest BCUT2D eigenvalue weighted by atomic mass is 9.78. The smallest absolute Gasteiger partial charge is 0.140 e. The Morgan fingerprint density at radius 2 is 2.11 bits per heavy atom. The second kappa shape index (κ2) is 5.87. The average Bonchev–Trinajstić information content (AvgIpc) is 2.68. The number of nitrogens with one attached hydrogen (secondary N) is 1. The summed E-state index contributed by atoms with van der Waals surface area (Å²) in [6.07, 6.45) is 7.17. The van der Waals surface area contributed by atoms with Gasteiger partial charge in [-0.1, -0.05) is 19.3 Å². The Labute approximate surface area is 115 Å². The Balaban J connectivity index is 1.98. The fraction of sp³-hybridized carbons (Fsp3) is 0.733. The molecule has 0 saturated heterocycles. The molecule has 1 N–H and O–H groups in total. The summed E-state index contributed by atoms with van der Waals surface area (Å²) in [5, 5.41) is 7.71. The van der Waals surface area contributed by atoms with Crippen LogP contribution in [-0.4, -0.2) is 28.2 Å². The number of hydrogen-bond acceptors (Lipinski definition) is 3. The molecule has 1 aromatic heterocycles. The molecule has 1 aromatic rings. The molecular weight excluding hydrogens is 238 g/mol. The summed E-state index contributed by atoms with van der Waals surface area (Å²) in [5.41, 5.74) is 2.04. The third-order valence-corrected chi connectivity index (χ3v) is 4.35. The number of carbonyl (C=O) groups is 1. The fourth-order valence-electron chi connectivity index (χ4n) is 3.22. The van der Waals surface area contributed by atoms with E-state index in [0.29, 0.717) is 18.6 Å². The van der Waals surface area contributed by atoms with Crippen molar-refractivity contribution in [1.29, 1.82) is 0 Å². The van der Waals surface area contributed by atoms with Crippen molar-refractivity contribution in [3.05, 3.63) is 17.5 Å². The van der Waals surface area contributed by atoms with E-state index in [2.05, 4.69) is 10.4 Å². The monoisotopic (exact) mass is 263 g/mol. The Morgan fingerprint density at radius 3 is 2.63 bits per heavy atom. The molecule has 4 nitrogen and oxygen atoms in total. The van der Waals surface area contributed by atoms with Gasteiger partial charge in [-0.3, -0.25) is 9.48 Å². The minimum atomic E-state index is 0.0446. The predicted molar refractivity (Wildman–Crippen MR) is 76.1 cm³/mol. The molecule has 1 fully saturated rings. The SMILES string of the molecule is CNC1(CC(=O)Cc2cc(C)nn2C)CCCCC1. The van der Waals surface area contributed by atoms with E-state index in [4.69, 9.17) is 0 Å². The molecule has 2 rings (SSSR count). The molecule has 0 aliphatic heterocycles. The number of rotatable bonds is 5. The molecule has 0 aromatic carbocycles. The van der Waals surface area contributed by atoms with E-state index in [9.17, 15) is 4.79 Å². The second-order valence-electron chi connectivity index (χ2n) is 5.88. The van der Waals surface area contributed by atoms with Gasteiger partial charge in [0.1, 0.15) is 5.78 Å². The molecule has 106 valence electrons. The van der Waals surface area contributed by atoms with E-state index < -0.39 is 0 Å². The molecular formula is C15H25N3O. The molecule has 0 unspecified atom stereocenters. The maximum Gasteiger partial charge on any atom is 0.140 e. The van der Waals surface area contributed by atoms with Crippen LogP contribution in [0.5, 0.6) is 0 Å². The summed E-state index contributed by atoms with van der Waals surface area (Å²) in [4.78, 5) is 12.3. The van der Waals surface area contributed by atoms with Gasteiger partial charge in [0.05, 0.1) is 5.69 Å². The number of hydrogen-bond donors (Lipinski definition) is 1. The topological polar surface area (TPSA) is 46.9 Å². The third kappa shape index (κ3) is 3.44. The van der Waals surface area contributed by atoms with Gasteiger partial charge in [0.2, 0.25) is 0 Å². The number of carbonyl (C=O) groups excluding carboxylic acids is 1. The molecule has 0 amide bonds. The molecule has 0 atom stereocenters. The molecule has 1 heterocycles. The summed E-state index contributed by atoms with van der Waals surface area (Å²) < 4.78 is 1.82. The summed E-state index contributed by atoms with van der Waals surface area (Å²) in [6.45, 7) is 1.96. The minimum Gasteiger partial charge on any atom is -0.314 e. The standard InChI is InChI=1S/C15H25N3O/c1-12-9-13(18(3)17-12)10-14(19)11-15(16-2)7-5-4-6-8-15/h9,16H,4-8,10-11H2,1-3H3. The van der Waals surface area contributed by atoms with Gasteiger partial charge in [-0.25, -0.2) is 0 Å². The summed E-state index contributed by atoms with van der Waals surface area (Å²) in [7, 11) is 3.90. The number of ketones is 1. The summed E-state index contributed by atoms with van der Waals surface area (Å²) in [5.74, 6) is 0.319. The summed E-state index contributed by atoms with van der Waals surface area (Å²) in [6, 6.07) is 2.00. The highest BCUT2D eigenvalue weighted by Crippen LogP contribution is 2.31. The molecule has 1 saturated carbocycles. The van der Waals surface area contributed by atoms with Gasteiger partial charge in [-0.2, -0.15) is 5.10 Å². The van der Waals surface area contributed by atoms with Crippen LogP contribution in [0.15, 0.2) is 6.07 Å². The molecule has 0 bridgehead atoms. The Bertz CT molecular complexity index is 444. The van der Waals surface area contributed by atoms with Crippen LogP contribution < -0.4 is 5.32 Å². The number of aromatic nitrogens is 2. The van der Waals surface area contributed by atoms with Crippen molar-refractivity contribution >= 4 is 5.78 Å². The maximum atomic E-state index is 12.3. The van der Waals surface area contributed by atoms with E-state index in [-0.39, 0.29) is 5.54 Å². The molecule has 1 aliphatic rings. The van der Waals surface area contributed by atoms with Gasteiger partial charge in [0, 0.05) is 31.1 Å². The van der Waals surface area contributed by atoms with Gasteiger partial charge >= 0.3 is 0 Å². The first-order valence-corrected chi connectivity index (χ1v) is 7.25. The lowest BCUT2D eigenvalue weighted by Gasteiger charge is -2.36. The van der Waals surface area contributed by atoms with Crippen molar-refractivity contribution in [3.63, 3.8) is 0 Å². The summed E-state index contributed by atoms with van der Waals surface area (Å²) >= 11 is 0. The normalized spacial score (nSPS) is 18.5. The van der Waals surface area contributed by atoms with Crippen LogP contribution in [0.1, 0.15) is 49.9 Å². The first kappa shape index (κ1) is 14.3. The molecule has 0 radical (unpaired) electrons. The fourth-order valence-corrected chi connectivity index (χ4v) is 3.22. The van der Waals surface area contributed by atoms with Gasteiger partial charge in [0.15, 0.2) is 0 Å². The van der Waals surface area contributed by atoms with Crippen molar-refractivity contribution in [2.75, 3.05) is 7.05 Å². The molecule has 4 heteroatoms. The van der Waals surface area contributed by atoms with Gasteiger partial charge in [-0.05, 0) is 32.9 Å². The van der Waals surface area contributed by atoms with Crippen LogP contribution in [0.25, 0.3) is 0 Å². The van der Waals surface area contributed by atoms with Gasteiger partial charge in [-0.15, -0.1) is 0 Å². The maximum absolute atomic E-state index is 12.3. The Kier molecular flexibility index (Phi) is 4.40. The van der Waals surface area contributed by atoms with Crippen LogP contribution in [0.4, 0.5) is 0 Å². The van der Waals surface area contributed by atoms with Gasteiger partial charge < -0.3 is 5.32 Å². The molecule has 19 heavy (non-hydrogen) atoms. The first-order chi connectivity index (χ1) is 9.04. The zero-order valence-electron chi connectivity index (χ0n) is 12.3. The van der Waals surface area contributed by atoms with Crippen molar-refractivity contribution < 1.29 is 4.79 Å². The zero-order valence-corrected chi connectivity index (χ0v) is 12.3. The molecule has 1 aliphatic carbocycles. The highest BCUT2D eigenvalue weighted by molar-refractivity contribution is 5.81.